The molecule has 1 unspecified atom stereocenters. The van der Waals surface area contributed by atoms with Crippen molar-refractivity contribution in [1.29, 1.82) is 0 Å². The third-order valence-electron chi connectivity index (χ3n) is 4.67. The minimum atomic E-state index is 0. The number of piperidine rings is 1. The second-order valence-electron chi connectivity index (χ2n) is 6.29. The first-order chi connectivity index (χ1) is 10.2. The number of hydrogen-bond donors (Lipinski definition) is 2. The van der Waals surface area contributed by atoms with Gasteiger partial charge in [0.05, 0.1) is 5.92 Å². The van der Waals surface area contributed by atoms with Gasteiger partial charge in [-0.3, -0.25) is 9.59 Å². The highest BCUT2D eigenvalue weighted by Crippen LogP contribution is 2.20. The number of nitrogens with one attached hydrogen (secondary N) is 2. The van der Waals surface area contributed by atoms with Crippen LogP contribution in [0.1, 0.15) is 45.4 Å². The van der Waals surface area contributed by atoms with Crippen LogP contribution in [-0.4, -0.2) is 49.4 Å². The van der Waals surface area contributed by atoms with Gasteiger partial charge in [0.25, 0.3) is 0 Å². The van der Waals surface area contributed by atoms with E-state index >= 15 is 0 Å². The van der Waals surface area contributed by atoms with Gasteiger partial charge in [0.2, 0.25) is 11.8 Å². The summed E-state index contributed by atoms with van der Waals surface area (Å²) in [6.45, 7) is 6.20. The van der Waals surface area contributed by atoms with Gasteiger partial charge in [-0.05, 0) is 32.2 Å². The third-order valence-corrected chi connectivity index (χ3v) is 4.67. The predicted octanol–water partition coefficient (Wildman–Crippen LogP) is 1.56. The molecule has 1 atom stereocenters. The van der Waals surface area contributed by atoms with E-state index in [0.717, 1.165) is 58.4 Å². The Morgan fingerprint density at radius 3 is 2.45 bits per heavy atom. The smallest absolute Gasteiger partial charge is 0.227 e. The zero-order valence-electron chi connectivity index (χ0n) is 13.6. The van der Waals surface area contributed by atoms with Crippen molar-refractivity contribution in [2.45, 2.75) is 45.4 Å². The maximum atomic E-state index is 12.3. The van der Waals surface area contributed by atoms with E-state index in [9.17, 15) is 9.59 Å². The highest BCUT2D eigenvalue weighted by atomic mass is 35.5. The first-order valence-corrected chi connectivity index (χ1v) is 8.49. The van der Waals surface area contributed by atoms with Crippen LogP contribution in [0.3, 0.4) is 0 Å². The third kappa shape index (κ3) is 5.43. The van der Waals surface area contributed by atoms with E-state index in [2.05, 4.69) is 17.6 Å². The van der Waals surface area contributed by atoms with E-state index in [0.29, 0.717) is 0 Å². The summed E-state index contributed by atoms with van der Waals surface area (Å²) in [4.78, 5) is 26.3. The van der Waals surface area contributed by atoms with Crippen LogP contribution in [0.4, 0.5) is 0 Å². The predicted molar refractivity (Wildman–Crippen MR) is 90.1 cm³/mol. The summed E-state index contributed by atoms with van der Waals surface area (Å²) in [5, 5.41) is 6.28. The summed E-state index contributed by atoms with van der Waals surface area (Å²) >= 11 is 0. The van der Waals surface area contributed by atoms with Gasteiger partial charge < -0.3 is 15.5 Å². The summed E-state index contributed by atoms with van der Waals surface area (Å²) in [5.41, 5.74) is 0. The van der Waals surface area contributed by atoms with E-state index < -0.39 is 0 Å². The van der Waals surface area contributed by atoms with Crippen molar-refractivity contribution in [3.05, 3.63) is 0 Å². The van der Waals surface area contributed by atoms with Gasteiger partial charge in [-0.2, -0.15) is 0 Å². The van der Waals surface area contributed by atoms with E-state index in [1.165, 1.54) is 12.8 Å². The molecule has 2 saturated heterocycles. The molecule has 6 heteroatoms. The van der Waals surface area contributed by atoms with Gasteiger partial charge in [-0.15, -0.1) is 12.4 Å². The lowest BCUT2D eigenvalue weighted by Gasteiger charge is -2.32. The molecule has 128 valence electrons. The van der Waals surface area contributed by atoms with Crippen molar-refractivity contribution >= 4 is 24.2 Å². The second-order valence-corrected chi connectivity index (χ2v) is 6.29. The number of carbonyl (C=O) groups is 2. The number of amides is 2. The van der Waals surface area contributed by atoms with Crippen LogP contribution >= 0.6 is 12.4 Å². The van der Waals surface area contributed by atoms with Gasteiger partial charge in [-0.25, -0.2) is 0 Å². The van der Waals surface area contributed by atoms with E-state index in [1.54, 1.807) is 0 Å². The van der Waals surface area contributed by atoms with Gasteiger partial charge >= 0.3 is 0 Å². The van der Waals surface area contributed by atoms with Crippen molar-refractivity contribution in [1.82, 2.24) is 15.5 Å². The van der Waals surface area contributed by atoms with Gasteiger partial charge in [-0.1, -0.05) is 19.8 Å². The lowest BCUT2D eigenvalue weighted by molar-refractivity contribution is -0.138. The molecular weight excluding hydrogens is 302 g/mol. The summed E-state index contributed by atoms with van der Waals surface area (Å²) in [6, 6.07) is 0. The van der Waals surface area contributed by atoms with Gasteiger partial charge in [0, 0.05) is 32.1 Å². The fraction of sp³-hybridized carbons (Fsp3) is 0.875. The number of carbonyl (C=O) groups excluding carboxylic acids is 2. The summed E-state index contributed by atoms with van der Waals surface area (Å²) in [7, 11) is 0. The molecule has 2 aliphatic heterocycles. The molecule has 0 spiro atoms. The molecule has 2 rings (SSSR count). The average molecular weight is 332 g/mol. The molecule has 2 fully saturated rings. The molecule has 0 aliphatic carbocycles. The Labute approximate surface area is 140 Å². The number of nitrogens with zero attached hydrogens (tertiary/aromatic N) is 1. The number of hydrogen-bond acceptors (Lipinski definition) is 3. The Kier molecular flexibility index (Phi) is 8.79. The lowest BCUT2D eigenvalue weighted by atomic mass is 9.94. The molecule has 2 N–H and O–H groups in total. The normalized spacial score (nSPS) is 22.2. The number of unbranched alkanes of at least 4 members (excludes halogenated alkanes) is 2. The second kappa shape index (κ2) is 10.1. The Balaban J connectivity index is 0.00000242. The van der Waals surface area contributed by atoms with E-state index in [1.807, 2.05) is 4.90 Å². The van der Waals surface area contributed by atoms with Crippen molar-refractivity contribution in [3.63, 3.8) is 0 Å². The van der Waals surface area contributed by atoms with Crippen molar-refractivity contribution in [3.8, 4) is 0 Å². The first-order valence-electron chi connectivity index (χ1n) is 8.49. The molecule has 0 bridgehead atoms. The summed E-state index contributed by atoms with van der Waals surface area (Å²) < 4.78 is 0. The van der Waals surface area contributed by atoms with Crippen molar-refractivity contribution < 1.29 is 9.59 Å². The number of rotatable bonds is 6. The highest BCUT2D eigenvalue weighted by Gasteiger charge is 2.31. The van der Waals surface area contributed by atoms with Crippen LogP contribution in [0.25, 0.3) is 0 Å². The van der Waals surface area contributed by atoms with Gasteiger partial charge in [0.15, 0.2) is 0 Å². The molecule has 0 aromatic carbocycles. The van der Waals surface area contributed by atoms with Crippen LogP contribution in [-0.2, 0) is 9.59 Å². The monoisotopic (exact) mass is 331 g/mol. The maximum Gasteiger partial charge on any atom is 0.227 e. The van der Waals surface area contributed by atoms with Crippen LogP contribution in [0, 0.1) is 11.8 Å². The number of likely N-dealkylation sites (tertiary alicyclic amines) is 1. The van der Waals surface area contributed by atoms with Crippen molar-refractivity contribution in [2.24, 2.45) is 11.8 Å². The topological polar surface area (TPSA) is 61.4 Å². The Bertz CT molecular complexity index is 351. The molecule has 22 heavy (non-hydrogen) atoms. The molecule has 0 saturated carbocycles. The molecule has 2 aliphatic rings. The minimum absolute atomic E-state index is 0. The standard InChI is InChI=1S/C16H29N3O2.ClH/c1-2-3-4-8-18-15(20)13-6-10-19(11-7-13)16(21)14-5-9-17-12-14;/h13-14,17H,2-12H2,1H3,(H,18,20);1H. The molecular formula is C16H30ClN3O2. The quantitative estimate of drug-likeness (QED) is 0.726. The number of halogens is 1. The van der Waals surface area contributed by atoms with Gasteiger partial charge in [0.1, 0.15) is 0 Å². The summed E-state index contributed by atoms with van der Waals surface area (Å²) in [6.07, 6.45) is 5.98. The fourth-order valence-corrected chi connectivity index (χ4v) is 3.22. The zero-order chi connectivity index (χ0) is 15.1. The molecule has 2 heterocycles. The van der Waals surface area contributed by atoms with Crippen molar-refractivity contribution in [2.75, 3.05) is 32.7 Å². The fourth-order valence-electron chi connectivity index (χ4n) is 3.22. The van der Waals surface area contributed by atoms with Crippen LogP contribution in [0.2, 0.25) is 0 Å². The molecule has 5 nitrogen and oxygen atoms in total. The molecule has 0 aromatic heterocycles. The Hall–Kier alpha value is -0.810. The maximum absolute atomic E-state index is 12.3. The zero-order valence-corrected chi connectivity index (χ0v) is 14.4. The molecule has 2 amide bonds. The van der Waals surface area contributed by atoms with Crippen LogP contribution in [0.15, 0.2) is 0 Å². The Morgan fingerprint density at radius 2 is 1.86 bits per heavy atom. The van der Waals surface area contributed by atoms with E-state index in [4.69, 9.17) is 0 Å². The average Bonchev–Trinajstić information content (AvgIpc) is 3.05. The van der Waals surface area contributed by atoms with Crippen LogP contribution in [0.5, 0.6) is 0 Å². The highest BCUT2D eigenvalue weighted by molar-refractivity contribution is 5.85. The largest absolute Gasteiger partial charge is 0.356 e. The minimum Gasteiger partial charge on any atom is -0.356 e. The molecule has 0 aromatic rings. The first kappa shape index (κ1) is 19.2. The van der Waals surface area contributed by atoms with Crippen LogP contribution < -0.4 is 10.6 Å². The SMILES string of the molecule is CCCCCNC(=O)C1CCN(C(=O)C2CCNC2)CC1.Cl. The molecule has 0 radical (unpaired) electrons. The lowest BCUT2D eigenvalue weighted by Crippen LogP contribution is -2.45. The van der Waals surface area contributed by atoms with E-state index in [-0.39, 0.29) is 36.1 Å². The summed E-state index contributed by atoms with van der Waals surface area (Å²) in [5.74, 6) is 0.712. The Morgan fingerprint density at radius 1 is 1.14 bits per heavy atom.